The second-order valence-corrected chi connectivity index (χ2v) is 42.9. The van der Waals surface area contributed by atoms with E-state index in [0.29, 0.717) is 75.7 Å². The molecule has 2 aliphatic carbocycles. The van der Waals surface area contributed by atoms with Crippen LogP contribution < -0.4 is 50.8 Å². The van der Waals surface area contributed by atoms with E-state index in [4.69, 9.17) is 77.3 Å². The molecule has 0 saturated heterocycles. The zero-order valence-corrected chi connectivity index (χ0v) is 88.2. The summed E-state index contributed by atoms with van der Waals surface area (Å²) >= 11 is 0. The number of carbonyl (C=O) groups excluding carboxylic acids is 6. The van der Waals surface area contributed by atoms with E-state index in [9.17, 15) is 39.0 Å². The minimum Gasteiger partial charge on any atom is -0.508 e. The Morgan fingerprint density at radius 3 is 0.812 bits per heavy atom. The molecular formula is C113H154N6O24Si. The van der Waals surface area contributed by atoms with Crippen LogP contribution in [0.4, 0.5) is 28.8 Å². The van der Waals surface area contributed by atoms with Gasteiger partial charge in [0.1, 0.15) is 96.5 Å². The van der Waals surface area contributed by atoms with Gasteiger partial charge in [-0.2, -0.15) is 0 Å². The Morgan fingerprint density at radius 1 is 0.285 bits per heavy atom. The summed E-state index contributed by atoms with van der Waals surface area (Å²) in [6.07, 6.45) is -0.882. The Labute approximate surface area is 851 Å². The Hall–Kier alpha value is -13.4. The highest BCUT2D eigenvalue weighted by atomic mass is 28.4. The number of benzene rings is 10. The number of ether oxygens (including phenoxy) is 10. The topological polar surface area (TPSA) is 418 Å². The van der Waals surface area contributed by atoms with Gasteiger partial charge in [-0.25, -0.2) is 28.8 Å². The highest BCUT2D eigenvalue weighted by Gasteiger charge is 2.37. The van der Waals surface area contributed by atoms with Crippen LogP contribution in [0.2, 0.25) is 18.1 Å². The van der Waals surface area contributed by atoms with Crippen molar-refractivity contribution in [3.8, 4) is 56.8 Å². The quantitative estimate of drug-likeness (QED) is 0.0132. The van der Waals surface area contributed by atoms with Gasteiger partial charge in [-0.3, -0.25) is 0 Å². The fourth-order valence-corrected chi connectivity index (χ4v) is 14.8. The fraction of sp³-hybridized carbons (Fsp3) is 0.416. The van der Waals surface area contributed by atoms with Crippen LogP contribution in [0, 0.1) is 0 Å². The molecule has 0 aliphatic heterocycles. The van der Waals surface area contributed by atoms with Gasteiger partial charge in [-0.05, 0) is 218 Å². The van der Waals surface area contributed by atoms with Gasteiger partial charge in [0.15, 0.2) is 8.32 Å². The maximum atomic E-state index is 12.3. The van der Waals surface area contributed by atoms with Crippen molar-refractivity contribution < 1.29 is 116 Å². The summed E-state index contributed by atoms with van der Waals surface area (Å²) in [6.45, 7) is 40.9. The SMILES string of the molecule is CC.CC(C)(C)OC(=O)NCCc1ccccc1O.CC(C)(C)OC(=O)NCCc1ccccc1OCCO.CC(C)(C)OC(=O)NCc1ccccc1O.CC(C)(C)OC(=O)NCc1ccccc1OCCO.CC(C)(C)[Si](C)(C)OCCO.O=C(NCCc1ccccc1OCCO)OCC1c2ccccc2-c2ccccc21.O=C(NCc1ccccc1OCCO)OCC1c2ccccc2-c2ccccc21. The van der Waals surface area contributed by atoms with Crippen LogP contribution in [0.15, 0.2) is 243 Å². The summed E-state index contributed by atoms with van der Waals surface area (Å²) < 4.78 is 59.0. The third-order valence-corrected chi connectivity index (χ3v) is 25.7. The first-order valence-electron chi connectivity index (χ1n) is 48.6. The number of phenols is 2. The summed E-state index contributed by atoms with van der Waals surface area (Å²) in [5, 5.41) is 79.4. The van der Waals surface area contributed by atoms with E-state index in [2.05, 4.69) is 114 Å². The van der Waals surface area contributed by atoms with Crippen LogP contribution in [0.1, 0.15) is 185 Å². The van der Waals surface area contributed by atoms with E-state index in [-0.39, 0.29) is 108 Å². The van der Waals surface area contributed by atoms with Gasteiger partial charge in [-0.15, -0.1) is 0 Å². The van der Waals surface area contributed by atoms with Crippen molar-refractivity contribution in [3.63, 3.8) is 0 Å². The van der Waals surface area contributed by atoms with Gasteiger partial charge in [-0.1, -0.05) is 241 Å². The normalized spacial score (nSPS) is 11.6. The Morgan fingerprint density at radius 2 is 0.514 bits per heavy atom. The van der Waals surface area contributed by atoms with Gasteiger partial charge < -0.3 is 119 Å². The lowest BCUT2D eigenvalue weighted by atomic mass is 9.98. The van der Waals surface area contributed by atoms with Gasteiger partial charge in [0.05, 0.1) is 39.6 Å². The predicted molar refractivity (Wildman–Crippen MR) is 565 cm³/mol. The van der Waals surface area contributed by atoms with Gasteiger partial charge in [0.2, 0.25) is 0 Å². The molecule has 0 heterocycles. The Balaban J connectivity index is 0.000000301. The average molecular weight is 2010 g/mol. The largest absolute Gasteiger partial charge is 0.508 e. The molecule has 12 rings (SSSR count). The fourth-order valence-electron chi connectivity index (χ4n) is 13.8. The smallest absolute Gasteiger partial charge is 0.407 e. The highest BCUT2D eigenvalue weighted by Crippen LogP contribution is 2.46. The lowest BCUT2D eigenvalue weighted by Gasteiger charge is -2.35. The van der Waals surface area contributed by atoms with E-state index in [1.807, 2.05) is 228 Å². The van der Waals surface area contributed by atoms with Crippen molar-refractivity contribution in [2.24, 2.45) is 0 Å². The highest BCUT2D eigenvalue weighted by molar-refractivity contribution is 6.74. The molecule has 0 radical (unpaired) electrons. The average Bonchev–Trinajstić information content (AvgIpc) is 1.62. The molecule has 30 nitrogen and oxygen atoms in total. The molecule has 0 atom stereocenters. The van der Waals surface area contributed by atoms with E-state index in [0.717, 1.165) is 39.3 Å². The molecule has 0 spiro atoms. The summed E-state index contributed by atoms with van der Waals surface area (Å²) in [5.41, 5.74) is 12.7. The molecule has 0 bridgehead atoms. The van der Waals surface area contributed by atoms with Crippen LogP contribution in [0.5, 0.6) is 34.5 Å². The van der Waals surface area contributed by atoms with E-state index in [1.54, 1.807) is 63.2 Å². The molecular weight excluding hydrogens is 1850 g/mol. The molecule has 144 heavy (non-hydrogen) atoms. The summed E-state index contributed by atoms with van der Waals surface area (Å²) in [7, 11) is -1.59. The summed E-state index contributed by atoms with van der Waals surface area (Å²) in [5.74, 6) is 3.24. The lowest BCUT2D eigenvalue weighted by Crippen LogP contribution is -2.41. The third kappa shape index (κ3) is 45.9. The Bertz CT molecular complexity index is 5400. The number of fused-ring (bicyclic) bond motifs is 6. The minimum absolute atomic E-state index is 0.0233. The van der Waals surface area contributed by atoms with Gasteiger partial charge >= 0.3 is 36.6 Å². The minimum atomic E-state index is -1.59. The number of aliphatic hydroxyl groups excluding tert-OH is 5. The number of hydrogen-bond donors (Lipinski definition) is 13. The molecule has 10 aromatic carbocycles. The molecule has 10 aromatic rings. The maximum Gasteiger partial charge on any atom is 0.407 e. The predicted octanol–water partition coefficient (Wildman–Crippen LogP) is 20.3. The molecule has 13 N–H and O–H groups in total. The van der Waals surface area contributed by atoms with Crippen molar-refractivity contribution in [1.29, 1.82) is 0 Å². The first-order chi connectivity index (χ1) is 68.5. The van der Waals surface area contributed by atoms with Crippen molar-refractivity contribution in [2.75, 3.05) is 98.9 Å². The number of amides is 6. The number of hydrogen-bond acceptors (Lipinski definition) is 24. The summed E-state index contributed by atoms with van der Waals surface area (Å²) in [4.78, 5) is 70.3. The zero-order valence-electron chi connectivity index (χ0n) is 87.2. The number of aromatic hydroxyl groups is 2. The third-order valence-electron chi connectivity index (χ3n) is 21.2. The summed E-state index contributed by atoms with van der Waals surface area (Å²) in [6, 6.07) is 76.9. The number of rotatable bonds is 34. The van der Waals surface area contributed by atoms with Crippen LogP contribution in [-0.2, 0) is 71.7 Å². The molecule has 784 valence electrons. The van der Waals surface area contributed by atoms with E-state index >= 15 is 0 Å². The number of nitrogens with one attached hydrogen (secondary N) is 6. The second kappa shape index (κ2) is 62.9. The lowest BCUT2D eigenvalue weighted by molar-refractivity contribution is 0.0511. The van der Waals surface area contributed by atoms with Crippen molar-refractivity contribution >= 4 is 44.9 Å². The zero-order chi connectivity index (χ0) is 106. The maximum absolute atomic E-state index is 12.3. The number of alkyl carbamates (subject to hydrolysis) is 6. The molecule has 0 unspecified atom stereocenters. The molecule has 31 heteroatoms. The van der Waals surface area contributed by atoms with E-state index < -0.39 is 67.3 Å². The number of carbonyl (C=O) groups is 6. The number of phenolic OH excluding ortho intramolecular Hbond substituents is 2. The van der Waals surface area contributed by atoms with Gasteiger partial charge in [0.25, 0.3) is 0 Å². The molecule has 0 saturated carbocycles. The molecule has 0 aromatic heterocycles. The monoisotopic (exact) mass is 2010 g/mol. The van der Waals surface area contributed by atoms with Crippen molar-refractivity contribution in [1.82, 2.24) is 31.9 Å². The standard InChI is InChI=1S/C25H25NO4.C24H23NO4.C15H23NO4.C14H21NO4.C13H19NO3.C12H17NO3.C8H20O2Si.C2H6/c27-15-16-29-24-12-6-1-7-18(24)13-14-26-25(28)30-17-23-21-10-4-2-8-19(21)20-9-3-5-11-22(20)23;26-13-14-28-23-12-6-1-7-17(23)15-25-24(27)29-16-22-20-10-4-2-8-18(20)19-9-3-5-11-21(19)22;1-15(2,3)20-14(18)16-9-8-12-6-4-5-7-13(12)19-11-10-17;1-14(2,3)19-13(17)15-10-11-6-4-5-7-12(11)18-9-8-16;1-13(2,3)17-12(16)14-9-8-10-6-4-5-7-11(10)15;1-12(2,3)16-11(15)13-8-9-6-4-5-7-10(9)14;1-8(2,3)11(4,5)10-7-6-9;1-2/h1-12,23,27H,13-17H2,(H,26,28);1-12,22,26H,13-16H2,(H,25,27);4-7,17H,8-11H2,1-3H3,(H,16,18);4-7,16H,8-10H2,1-3H3,(H,15,17);4-7,15H,8-9H2,1-3H3,(H,14,16);4-7,14H,8H2,1-3H3,(H,13,15);9H,6-7H2,1-5H3;1-2H3. The van der Waals surface area contributed by atoms with E-state index in [1.165, 1.54) is 44.5 Å². The van der Waals surface area contributed by atoms with Crippen molar-refractivity contribution in [3.05, 3.63) is 298 Å². The van der Waals surface area contributed by atoms with Crippen LogP contribution >= 0.6 is 0 Å². The molecule has 6 amide bonds. The van der Waals surface area contributed by atoms with Gasteiger partial charge in [0, 0.05) is 67.8 Å². The van der Waals surface area contributed by atoms with Crippen LogP contribution in [-0.4, -0.2) is 202 Å². The second-order valence-electron chi connectivity index (χ2n) is 38.1. The number of para-hydroxylation sites is 6. The first-order valence-corrected chi connectivity index (χ1v) is 51.5. The molecule has 0 fully saturated rings. The van der Waals surface area contributed by atoms with Crippen molar-refractivity contribution in [2.45, 2.75) is 209 Å². The molecule has 2 aliphatic rings. The Kier molecular flexibility index (Phi) is 52.9. The van der Waals surface area contributed by atoms with Crippen LogP contribution in [0.3, 0.4) is 0 Å². The number of aliphatic hydroxyl groups is 5. The van der Waals surface area contributed by atoms with Crippen LogP contribution in [0.25, 0.3) is 22.3 Å². The first kappa shape index (κ1) is 121.